The molecule has 0 aliphatic heterocycles. The Balaban J connectivity index is 1.60. The smallest absolute Gasteiger partial charge is 0.265 e. The highest BCUT2D eigenvalue weighted by Gasteiger charge is 2.16. The van der Waals surface area contributed by atoms with Crippen molar-refractivity contribution in [2.75, 3.05) is 5.32 Å². The summed E-state index contributed by atoms with van der Waals surface area (Å²) < 4.78 is 5.86. The highest BCUT2D eigenvalue weighted by atomic mass is 16.5. The van der Waals surface area contributed by atoms with Crippen molar-refractivity contribution < 1.29 is 9.53 Å². The molecule has 0 radical (unpaired) electrons. The minimum absolute atomic E-state index is 0.130. The average Bonchev–Trinajstić information content (AvgIpc) is 2.62. The molecule has 25 heavy (non-hydrogen) atoms. The summed E-state index contributed by atoms with van der Waals surface area (Å²) in [4.78, 5) is 12.4. The molecule has 3 nitrogen and oxygen atoms in total. The molecule has 0 unspecified atom stereocenters. The molecule has 0 spiro atoms. The van der Waals surface area contributed by atoms with Crippen LogP contribution in [0.15, 0.2) is 42.5 Å². The Labute approximate surface area is 150 Å². The van der Waals surface area contributed by atoms with Gasteiger partial charge in [0, 0.05) is 5.69 Å². The predicted octanol–water partition coefficient (Wildman–Crippen LogP) is 5.09. The van der Waals surface area contributed by atoms with Crippen LogP contribution in [0, 0.1) is 0 Å². The molecule has 0 heterocycles. The molecule has 0 saturated carbocycles. The summed E-state index contributed by atoms with van der Waals surface area (Å²) in [5.74, 6) is 1.13. The van der Waals surface area contributed by atoms with Gasteiger partial charge in [0.1, 0.15) is 5.75 Å². The van der Waals surface area contributed by atoms with Gasteiger partial charge >= 0.3 is 0 Å². The van der Waals surface area contributed by atoms with E-state index in [1.807, 2.05) is 18.2 Å². The average molecular weight is 337 g/mol. The summed E-state index contributed by atoms with van der Waals surface area (Å²) in [6.45, 7) is 6.10. The number of hydrogen-bond acceptors (Lipinski definition) is 2. The van der Waals surface area contributed by atoms with Crippen molar-refractivity contribution in [1.29, 1.82) is 0 Å². The lowest BCUT2D eigenvalue weighted by Gasteiger charge is -2.19. The topological polar surface area (TPSA) is 38.3 Å². The molecule has 1 aliphatic carbocycles. The number of benzene rings is 2. The maximum absolute atomic E-state index is 12.4. The Hall–Kier alpha value is -2.29. The lowest BCUT2D eigenvalue weighted by molar-refractivity contribution is -0.122. The number of aryl methyl sites for hydroxylation is 2. The molecule has 1 N–H and O–H groups in total. The molecule has 2 aromatic rings. The number of hydrogen-bond donors (Lipinski definition) is 1. The maximum Gasteiger partial charge on any atom is 0.265 e. The standard InChI is InChI=1S/C22H27NO2/c1-15(2)17-8-11-20(12-9-17)23-22(24)16(3)25-21-13-10-18-6-4-5-7-19(18)14-21/h8-16H,4-7H2,1-3H3,(H,23,24)/t16-/m1/s1. The van der Waals surface area contributed by atoms with Gasteiger partial charge in [0.05, 0.1) is 0 Å². The van der Waals surface area contributed by atoms with Gasteiger partial charge in [-0.25, -0.2) is 0 Å². The third-order valence-electron chi connectivity index (χ3n) is 4.85. The minimum Gasteiger partial charge on any atom is -0.481 e. The van der Waals surface area contributed by atoms with Crippen LogP contribution in [0.1, 0.15) is 56.2 Å². The lowest BCUT2D eigenvalue weighted by Crippen LogP contribution is -2.30. The van der Waals surface area contributed by atoms with Crippen molar-refractivity contribution in [3.05, 3.63) is 59.2 Å². The van der Waals surface area contributed by atoms with Crippen LogP contribution in [-0.2, 0) is 17.6 Å². The molecule has 0 bridgehead atoms. The Kier molecular flexibility index (Phi) is 5.42. The van der Waals surface area contributed by atoms with Crippen LogP contribution in [-0.4, -0.2) is 12.0 Å². The van der Waals surface area contributed by atoms with Crippen LogP contribution in [0.3, 0.4) is 0 Å². The number of nitrogens with one attached hydrogen (secondary N) is 1. The van der Waals surface area contributed by atoms with Gasteiger partial charge in [-0.1, -0.05) is 32.0 Å². The molecule has 3 heteroatoms. The van der Waals surface area contributed by atoms with Gasteiger partial charge < -0.3 is 10.1 Å². The van der Waals surface area contributed by atoms with Crippen molar-refractivity contribution in [2.45, 2.75) is 58.5 Å². The van der Waals surface area contributed by atoms with Crippen molar-refractivity contribution >= 4 is 11.6 Å². The summed E-state index contributed by atoms with van der Waals surface area (Å²) in [7, 11) is 0. The third-order valence-corrected chi connectivity index (χ3v) is 4.85. The zero-order valence-electron chi connectivity index (χ0n) is 15.3. The summed E-state index contributed by atoms with van der Waals surface area (Å²) in [6, 6.07) is 14.2. The summed E-state index contributed by atoms with van der Waals surface area (Å²) in [5.41, 5.74) is 4.84. The van der Waals surface area contributed by atoms with Crippen LogP contribution >= 0.6 is 0 Å². The number of rotatable bonds is 5. The van der Waals surface area contributed by atoms with E-state index < -0.39 is 6.10 Å². The minimum atomic E-state index is -0.536. The van der Waals surface area contributed by atoms with E-state index in [2.05, 4.69) is 43.4 Å². The lowest BCUT2D eigenvalue weighted by atomic mass is 9.92. The highest BCUT2D eigenvalue weighted by molar-refractivity contribution is 5.94. The predicted molar refractivity (Wildman–Crippen MR) is 102 cm³/mol. The number of fused-ring (bicyclic) bond motifs is 1. The first-order valence-electron chi connectivity index (χ1n) is 9.22. The van der Waals surface area contributed by atoms with E-state index in [-0.39, 0.29) is 5.91 Å². The molecular weight excluding hydrogens is 310 g/mol. The molecule has 0 saturated heterocycles. The van der Waals surface area contributed by atoms with Crippen LogP contribution < -0.4 is 10.1 Å². The molecular formula is C22H27NO2. The van der Waals surface area contributed by atoms with Gasteiger partial charge in [-0.2, -0.15) is 0 Å². The van der Waals surface area contributed by atoms with Crippen LogP contribution in [0.4, 0.5) is 5.69 Å². The van der Waals surface area contributed by atoms with E-state index >= 15 is 0 Å². The van der Waals surface area contributed by atoms with Gasteiger partial charge in [-0.05, 0) is 79.5 Å². The van der Waals surface area contributed by atoms with E-state index in [1.54, 1.807) is 6.92 Å². The first kappa shape index (κ1) is 17.5. The Bertz CT molecular complexity index is 734. The first-order valence-corrected chi connectivity index (χ1v) is 9.22. The van der Waals surface area contributed by atoms with Crippen LogP contribution in [0.25, 0.3) is 0 Å². The van der Waals surface area contributed by atoms with Gasteiger partial charge in [-0.3, -0.25) is 4.79 Å². The summed E-state index contributed by atoms with van der Waals surface area (Å²) >= 11 is 0. The van der Waals surface area contributed by atoms with E-state index in [4.69, 9.17) is 4.74 Å². The molecule has 0 fully saturated rings. The van der Waals surface area contributed by atoms with E-state index in [1.165, 1.54) is 29.5 Å². The SMILES string of the molecule is CC(C)c1ccc(NC(=O)[C@@H](C)Oc2ccc3c(c2)CCCC3)cc1. The second kappa shape index (κ2) is 7.73. The number of anilines is 1. The first-order chi connectivity index (χ1) is 12.0. The maximum atomic E-state index is 12.4. The molecule has 2 aromatic carbocycles. The van der Waals surface area contributed by atoms with Crippen LogP contribution in [0.2, 0.25) is 0 Å². The molecule has 1 amide bonds. The van der Waals surface area contributed by atoms with E-state index in [0.717, 1.165) is 24.3 Å². The van der Waals surface area contributed by atoms with Gasteiger partial charge in [0.15, 0.2) is 6.10 Å². The fraction of sp³-hybridized carbons (Fsp3) is 0.409. The van der Waals surface area contributed by atoms with E-state index in [9.17, 15) is 4.79 Å². The molecule has 132 valence electrons. The van der Waals surface area contributed by atoms with Gasteiger partial charge in [-0.15, -0.1) is 0 Å². The van der Waals surface area contributed by atoms with Crippen molar-refractivity contribution in [3.63, 3.8) is 0 Å². The molecule has 1 aliphatic rings. The monoisotopic (exact) mass is 337 g/mol. The fourth-order valence-electron chi connectivity index (χ4n) is 3.24. The van der Waals surface area contributed by atoms with E-state index in [0.29, 0.717) is 5.92 Å². The zero-order valence-corrected chi connectivity index (χ0v) is 15.3. The Morgan fingerprint density at radius 3 is 2.32 bits per heavy atom. The summed E-state index contributed by atoms with van der Waals surface area (Å²) in [6.07, 6.45) is 4.22. The largest absolute Gasteiger partial charge is 0.481 e. The number of amides is 1. The van der Waals surface area contributed by atoms with Crippen molar-refractivity contribution in [1.82, 2.24) is 0 Å². The fourth-order valence-corrected chi connectivity index (χ4v) is 3.24. The zero-order chi connectivity index (χ0) is 17.8. The second-order valence-electron chi connectivity index (χ2n) is 7.16. The molecule has 0 aromatic heterocycles. The molecule has 1 atom stereocenters. The Morgan fingerprint density at radius 2 is 1.64 bits per heavy atom. The van der Waals surface area contributed by atoms with Gasteiger partial charge in [0.2, 0.25) is 0 Å². The quantitative estimate of drug-likeness (QED) is 0.825. The normalized spacial score (nSPS) is 14.7. The Morgan fingerprint density at radius 1 is 0.960 bits per heavy atom. The highest BCUT2D eigenvalue weighted by Crippen LogP contribution is 2.26. The number of carbonyl (C=O) groups excluding carboxylic acids is 1. The number of carbonyl (C=O) groups is 1. The van der Waals surface area contributed by atoms with Crippen molar-refractivity contribution in [2.24, 2.45) is 0 Å². The van der Waals surface area contributed by atoms with Crippen molar-refractivity contribution in [3.8, 4) is 5.75 Å². The van der Waals surface area contributed by atoms with Gasteiger partial charge in [0.25, 0.3) is 5.91 Å². The number of ether oxygens (including phenoxy) is 1. The van der Waals surface area contributed by atoms with Crippen LogP contribution in [0.5, 0.6) is 5.75 Å². The summed E-state index contributed by atoms with van der Waals surface area (Å²) in [5, 5.41) is 2.93. The third kappa shape index (κ3) is 4.41. The molecule has 3 rings (SSSR count). The second-order valence-corrected chi connectivity index (χ2v) is 7.16.